The van der Waals surface area contributed by atoms with Crippen molar-refractivity contribution in [3.05, 3.63) is 193 Å². The van der Waals surface area contributed by atoms with Crippen LogP contribution in [0.2, 0.25) is 0 Å². The average Bonchev–Trinajstić information content (AvgIpc) is 3.99. The van der Waals surface area contributed by atoms with Crippen LogP contribution in [0.5, 0.6) is 0 Å². The van der Waals surface area contributed by atoms with Gasteiger partial charge < -0.3 is 29.9 Å². The van der Waals surface area contributed by atoms with E-state index < -0.39 is 0 Å². The number of esters is 2. The maximum absolute atomic E-state index is 11.8. The van der Waals surface area contributed by atoms with Crippen molar-refractivity contribution in [1.29, 1.82) is 0 Å². The van der Waals surface area contributed by atoms with Crippen molar-refractivity contribution < 1.29 is 19.1 Å². The van der Waals surface area contributed by atoms with E-state index in [1.807, 2.05) is 0 Å². The van der Waals surface area contributed by atoms with Gasteiger partial charge in [-0.15, -0.1) is 13.1 Å². The molecule has 2 unspecified atom stereocenters. The summed E-state index contributed by atoms with van der Waals surface area (Å²) in [6.07, 6.45) is 11.1. The van der Waals surface area contributed by atoms with Crippen molar-refractivity contribution in [2.45, 2.75) is 120 Å². The molecule has 79 heavy (non-hydrogen) atoms. The van der Waals surface area contributed by atoms with Crippen LogP contribution in [0, 0.1) is 0 Å². The van der Waals surface area contributed by atoms with Gasteiger partial charge in [-0.25, -0.2) is 0 Å². The van der Waals surface area contributed by atoms with E-state index in [-0.39, 0.29) is 46.0 Å². The monoisotopic (exact) mass is 1100 g/mol. The number of piperazine rings is 2. The summed E-state index contributed by atoms with van der Waals surface area (Å²) in [5, 5.41) is 8.72. The fourth-order valence-electron chi connectivity index (χ4n) is 10.3. The third kappa shape index (κ3) is 21.3. The zero-order valence-electron chi connectivity index (χ0n) is 47.3. The van der Waals surface area contributed by atoms with Crippen LogP contribution >= 0.6 is 0 Å². The van der Waals surface area contributed by atoms with Gasteiger partial charge in [-0.05, 0) is 112 Å². The Labute approximate surface area is 480 Å². The summed E-state index contributed by atoms with van der Waals surface area (Å²) in [6.45, 7) is 19.6. The summed E-state index contributed by atoms with van der Waals surface area (Å²) in [6, 6.07) is 64.3. The number of carbonyl (C=O) groups excluding carboxylic acids is 2. The smallest absolute Gasteiger partial charge is 0.323 e. The van der Waals surface area contributed by atoms with Crippen molar-refractivity contribution in [2.24, 2.45) is 0 Å². The zero-order chi connectivity index (χ0) is 55.0. The van der Waals surface area contributed by atoms with Gasteiger partial charge in [-0.1, -0.05) is 149 Å². The third-order valence-corrected chi connectivity index (χ3v) is 19.0. The Morgan fingerprint density at radius 1 is 0.443 bits per heavy atom. The predicted octanol–water partition coefficient (Wildman–Crippen LogP) is 13.3. The maximum atomic E-state index is 11.8. The molecule has 4 saturated heterocycles. The standard InChI is InChI=1S/2C18H15S.C16H30N3O2.C15H28N3O2/c2*1-4-10-16(11-5-1)19(17-12-6-2-7-13-17)18-14-8-3-9-15-18;1-2-17-8-4-3-5-9-18-10-12-19(13-11-18)15-7-6-14-21-16(15)20;1-2-16-8-4-3-5-9-17-10-12-18(13-11-17)14-6-7-15(19)20-14/h2*1-15H;15H,2-14H2,1H3;14H,2-13H2,1H3/q2*+1;2*-1. The van der Waals surface area contributed by atoms with Crippen LogP contribution in [-0.2, 0) is 40.9 Å². The summed E-state index contributed by atoms with van der Waals surface area (Å²) >= 11 is 0. The van der Waals surface area contributed by atoms with Gasteiger partial charge in [-0.2, -0.15) is 13.1 Å². The molecule has 0 saturated carbocycles. The Balaban J connectivity index is 0.000000152. The summed E-state index contributed by atoms with van der Waals surface area (Å²) in [5.41, 5.74) is 0. The lowest BCUT2D eigenvalue weighted by Crippen LogP contribution is -2.54. The van der Waals surface area contributed by atoms with Gasteiger partial charge >= 0.3 is 11.9 Å². The van der Waals surface area contributed by atoms with Gasteiger partial charge in [0.05, 0.1) is 34.8 Å². The highest BCUT2D eigenvalue weighted by atomic mass is 32.2. The van der Waals surface area contributed by atoms with Gasteiger partial charge in [0, 0.05) is 58.8 Å². The van der Waals surface area contributed by atoms with E-state index in [9.17, 15) is 9.59 Å². The number of carbonyl (C=O) groups is 2. The van der Waals surface area contributed by atoms with Crippen LogP contribution in [-0.4, -0.2) is 142 Å². The molecule has 6 aromatic rings. The van der Waals surface area contributed by atoms with Crippen LogP contribution < -0.4 is 0 Å². The van der Waals surface area contributed by atoms with Gasteiger partial charge in [-0.3, -0.25) is 19.4 Å². The second-order valence-corrected chi connectivity index (χ2v) is 24.3. The number of cyclic esters (lactones) is 2. The average molecular weight is 1110 g/mol. The van der Waals surface area contributed by atoms with Crippen LogP contribution in [0.15, 0.2) is 211 Å². The molecular weight excluding hydrogens is 1020 g/mol. The summed E-state index contributed by atoms with van der Waals surface area (Å²) in [7, 11) is -0.0293. The molecule has 0 amide bonds. The fraction of sp³-hybridized carbons (Fsp3) is 0.433. The third-order valence-electron chi connectivity index (χ3n) is 14.6. The molecule has 4 aliphatic rings. The Morgan fingerprint density at radius 3 is 1.11 bits per heavy atom. The predicted molar refractivity (Wildman–Crippen MR) is 327 cm³/mol. The first kappa shape index (κ1) is 61.3. The van der Waals surface area contributed by atoms with Crippen LogP contribution in [0.3, 0.4) is 0 Å². The number of unbranched alkanes of at least 4 members (excludes halogenated alkanes) is 4. The van der Waals surface area contributed by atoms with Crippen LogP contribution in [0.4, 0.5) is 0 Å². The number of nitrogens with zero attached hydrogens (tertiary/aromatic N) is 6. The first-order chi connectivity index (χ1) is 39.0. The number of benzene rings is 6. The van der Waals surface area contributed by atoms with Crippen molar-refractivity contribution in [2.75, 3.05) is 98.2 Å². The molecule has 4 heterocycles. The Bertz CT molecular complexity index is 2220. The molecule has 12 heteroatoms. The highest BCUT2D eigenvalue weighted by Gasteiger charge is 2.33. The van der Waals surface area contributed by atoms with Crippen LogP contribution in [0.1, 0.15) is 78.1 Å². The maximum Gasteiger partial charge on any atom is 0.323 e. The van der Waals surface area contributed by atoms with Crippen LogP contribution in [0.25, 0.3) is 10.6 Å². The quantitative estimate of drug-likeness (QED) is 0.0377. The second kappa shape index (κ2) is 36.2. The molecule has 10 rings (SSSR count). The second-order valence-electron chi connectivity index (χ2n) is 20.2. The first-order valence-corrected chi connectivity index (χ1v) is 31.8. The number of rotatable bonds is 22. The Hall–Kier alpha value is -5.28. The van der Waals surface area contributed by atoms with Crippen molar-refractivity contribution >= 4 is 33.7 Å². The van der Waals surface area contributed by atoms with Gasteiger partial charge in [0.2, 0.25) is 0 Å². The number of hydrogen-bond donors (Lipinski definition) is 0. The lowest BCUT2D eigenvalue weighted by Gasteiger charge is -2.39. The van der Waals surface area contributed by atoms with E-state index in [0.29, 0.717) is 13.0 Å². The lowest BCUT2D eigenvalue weighted by atomic mass is 10.1. The molecular formula is C67H88N6O4S2. The molecule has 0 aromatic heterocycles. The molecule has 2 atom stereocenters. The normalized spacial score (nSPS) is 18.1. The lowest BCUT2D eigenvalue weighted by molar-refractivity contribution is -0.155. The molecule has 4 fully saturated rings. The minimum Gasteiger partial charge on any atom is -0.662 e. The minimum absolute atomic E-state index is 0.00521. The Kier molecular flexibility index (Phi) is 28.1. The number of ether oxygens (including phenoxy) is 2. The van der Waals surface area contributed by atoms with Gasteiger partial charge in [0.25, 0.3) is 0 Å². The van der Waals surface area contributed by atoms with Gasteiger partial charge in [0.1, 0.15) is 6.04 Å². The SMILES string of the molecule is CC[N-]CCCCCN1CCN(C2CCC(=O)O2)CC1.CC[N-]CCCCCN1CCN(C2CCCOC2=O)CC1.c1ccc([S+](c2ccccc2)c2ccccc2)cc1.c1ccc([S+](c2ccccc2)c2ccccc2)cc1. The van der Waals surface area contributed by atoms with E-state index in [0.717, 1.165) is 97.8 Å². The molecule has 422 valence electrons. The molecule has 0 radical (unpaired) electrons. The number of hydrogen-bond acceptors (Lipinski definition) is 8. The van der Waals surface area contributed by atoms with E-state index >= 15 is 0 Å². The minimum atomic E-state index is -0.0325. The largest absolute Gasteiger partial charge is 0.662 e. The summed E-state index contributed by atoms with van der Waals surface area (Å²) in [5.74, 6) is -0.0377. The molecule has 0 aliphatic carbocycles. The van der Waals surface area contributed by atoms with E-state index in [4.69, 9.17) is 9.47 Å². The molecule has 0 spiro atoms. The van der Waals surface area contributed by atoms with Crippen molar-refractivity contribution in [3.8, 4) is 0 Å². The molecule has 10 nitrogen and oxygen atoms in total. The fourth-order valence-corrected chi connectivity index (χ4v) is 14.5. The van der Waals surface area contributed by atoms with E-state index in [1.165, 1.54) is 81.0 Å². The topological polar surface area (TPSA) is 93.8 Å². The van der Waals surface area contributed by atoms with Gasteiger partial charge in [0.15, 0.2) is 35.6 Å². The molecule has 0 N–H and O–H groups in total. The molecule has 6 aromatic carbocycles. The molecule has 0 bridgehead atoms. The summed E-state index contributed by atoms with van der Waals surface area (Å²) < 4.78 is 10.5. The summed E-state index contributed by atoms with van der Waals surface area (Å²) in [4.78, 5) is 40.8. The highest BCUT2D eigenvalue weighted by Crippen LogP contribution is 2.32. The Morgan fingerprint density at radius 2 is 0.797 bits per heavy atom. The highest BCUT2D eigenvalue weighted by molar-refractivity contribution is 7.97. The van der Waals surface area contributed by atoms with Crippen molar-refractivity contribution in [3.63, 3.8) is 0 Å². The van der Waals surface area contributed by atoms with Crippen molar-refractivity contribution in [1.82, 2.24) is 19.6 Å². The zero-order valence-corrected chi connectivity index (χ0v) is 48.9. The molecule has 4 aliphatic heterocycles. The van der Waals surface area contributed by atoms with E-state index in [1.54, 1.807) is 0 Å². The van der Waals surface area contributed by atoms with E-state index in [2.05, 4.69) is 226 Å². The first-order valence-electron chi connectivity index (χ1n) is 29.3.